The molecule has 1 aromatic heterocycles. The van der Waals surface area contributed by atoms with Gasteiger partial charge in [-0.25, -0.2) is 4.98 Å². The van der Waals surface area contributed by atoms with Crippen molar-refractivity contribution in [1.29, 1.82) is 0 Å². The van der Waals surface area contributed by atoms with Gasteiger partial charge in [-0.15, -0.1) is 0 Å². The summed E-state index contributed by atoms with van der Waals surface area (Å²) < 4.78 is 0. The van der Waals surface area contributed by atoms with Gasteiger partial charge in [-0.2, -0.15) is 0 Å². The van der Waals surface area contributed by atoms with Crippen molar-refractivity contribution in [3.05, 3.63) is 59.8 Å². The zero-order valence-corrected chi connectivity index (χ0v) is 9.68. The van der Waals surface area contributed by atoms with Gasteiger partial charge >= 0.3 is 0 Å². The molecule has 0 radical (unpaired) electrons. The lowest BCUT2D eigenvalue weighted by atomic mass is 10.1. The molecule has 0 aliphatic heterocycles. The van der Waals surface area contributed by atoms with Crippen LogP contribution in [0, 0.1) is 6.92 Å². The predicted molar refractivity (Wildman–Crippen MR) is 67.7 cm³/mol. The Labute approximate surface area is 101 Å². The van der Waals surface area contributed by atoms with E-state index in [1.165, 1.54) is 0 Å². The fourth-order valence-corrected chi connectivity index (χ4v) is 1.61. The van der Waals surface area contributed by atoms with Crippen LogP contribution in [0.2, 0.25) is 0 Å². The maximum absolute atomic E-state index is 11.8. The fraction of sp³-hybridized carbons (Fsp3) is 0.143. The molecule has 1 heterocycles. The third kappa shape index (κ3) is 3.14. The third-order valence-corrected chi connectivity index (χ3v) is 2.54. The number of nitrogens with one attached hydrogen (secondary N) is 1. The molecule has 0 spiro atoms. The lowest BCUT2D eigenvalue weighted by Gasteiger charge is -2.06. The number of anilines is 1. The van der Waals surface area contributed by atoms with Gasteiger partial charge in [0.05, 0.1) is 6.42 Å². The van der Waals surface area contributed by atoms with Crippen molar-refractivity contribution in [2.24, 2.45) is 0 Å². The summed E-state index contributed by atoms with van der Waals surface area (Å²) in [6.45, 7) is 2.00. The zero-order chi connectivity index (χ0) is 12.1. The first-order valence-corrected chi connectivity index (χ1v) is 5.51. The SMILES string of the molecule is Cc1ccccc1CC(=O)Nc1ccccn1. The molecule has 0 aliphatic rings. The zero-order valence-electron chi connectivity index (χ0n) is 9.68. The van der Waals surface area contributed by atoms with Crippen molar-refractivity contribution in [3.8, 4) is 0 Å². The van der Waals surface area contributed by atoms with Gasteiger partial charge in [-0.1, -0.05) is 30.3 Å². The summed E-state index contributed by atoms with van der Waals surface area (Å²) >= 11 is 0. The van der Waals surface area contributed by atoms with Crippen LogP contribution in [-0.2, 0) is 11.2 Å². The molecule has 0 fully saturated rings. The predicted octanol–water partition coefficient (Wildman–Crippen LogP) is 2.57. The molecular weight excluding hydrogens is 212 g/mol. The number of carbonyl (C=O) groups excluding carboxylic acids is 1. The summed E-state index contributed by atoms with van der Waals surface area (Å²) in [5, 5.41) is 2.77. The number of amides is 1. The van der Waals surface area contributed by atoms with E-state index in [1.807, 2.05) is 43.3 Å². The van der Waals surface area contributed by atoms with Crippen LogP contribution in [0.15, 0.2) is 48.7 Å². The number of nitrogens with zero attached hydrogens (tertiary/aromatic N) is 1. The lowest BCUT2D eigenvalue weighted by Crippen LogP contribution is -2.15. The molecule has 1 aromatic carbocycles. The first kappa shape index (κ1) is 11.3. The van der Waals surface area contributed by atoms with E-state index < -0.39 is 0 Å². The molecule has 0 aliphatic carbocycles. The molecule has 1 N–H and O–H groups in total. The lowest BCUT2D eigenvalue weighted by molar-refractivity contribution is -0.115. The molecule has 0 unspecified atom stereocenters. The van der Waals surface area contributed by atoms with E-state index in [9.17, 15) is 4.79 Å². The highest BCUT2D eigenvalue weighted by atomic mass is 16.1. The maximum atomic E-state index is 11.8. The second-order valence-electron chi connectivity index (χ2n) is 3.87. The van der Waals surface area contributed by atoms with Crippen LogP contribution in [-0.4, -0.2) is 10.9 Å². The van der Waals surface area contributed by atoms with Crippen molar-refractivity contribution >= 4 is 11.7 Å². The van der Waals surface area contributed by atoms with E-state index in [0.717, 1.165) is 11.1 Å². The van der Waals surface area contributed by atoms with Gasteiger partial charge in [0.1, 0.15) is 5.82 Å². The third-order valence-electron chi connectivity index (χ3n) is 2.54. The minimum absolute atomic E-state index is 0.0435. The van der Waals surface area contributed by atoms with Crippen LogP contribution in [0.1, 0.15) is 11.1 Å². The quantitative estimate of drug-likeness (QED) is 0.874. The number of aryl methyl sites for hydroxylation is 1. The van der Waals surface area contributed by atoms with Crippen LogP contribution in [0.4, 0.5) is 5.82 Å². The van der Waals surface area contributed by atoms with Crippen LogP contribution < -0.4 is 5.32 Å². The highest BCUT2D eigenvalue weighted by molar-refractivity contribution is 5.91. The molecule has 1 amide bonds. The Morgan fingerprint density at radius 3 is 2.65 bits per heavy atom. The Balaban J connectivity index is 2.01. The number of aromatic nitrogens is 1. The minimum Gasteiger partial charge on any atom is -0.310 e. The molecule has 86 valence electrons. The van der Waals surface area contributed by atoms with Crippen molar-refractivity contribution < 1.29 is 4.79 Å². The molecule has 3 nitrogen and oxygen atoms in total. The van der Waals surface area contributed by atoms with Crippen LogP contribution in [0.25, 0.3) is 0 Å². The Kier molecular flexibility index (Phi) is 3.50. The minimum atomic E-state index is -0.0435. The molecule has 2 aromatic rings. The highest BCUT2D eigenvalue weighted by Gasteiger charge is 2.05. The van der Waals surface area contributed by atoms with Crippen molar-refractivity contribution in [2.45, 2.75) is 13.3 Å². The average Bonchev–Trinajstić information content (AvgIpc) is 2.33. The highest BCUT2D eigenvalue weighted by Crippen LogP contribution is 2.09. The maximum Gasteiger partial charge on any atom is 0.229 e. The second-order valence-corrected chi connectivity index (χ2v) is 3.87. The Hall–Kier alpha value is -2.16. The Morgan fingerprint density at radius 2 is 1.94 bits per heavy atom. The molecule has 0 saturated heterocycles. The van der Waals surface area contributed by atoms with Gasteiger partial charge < -0.3 is 5.32 Å². The van der Waals surface area contributed by atoms with Crippen molar-refractivity contribution in [3.63, 3.8) is 0 Å². The number of pyridine rings is 1. The largest absolute Gasteiger partial charge is 0.310 e. The number of carbonyl (C=O) groups is 1. The number of hydrogen-bond donors (Lipinski definition) is 1. The van der Waals surface area contributed by atoms with E-state index in [-0.39, 0.29) is 5.91 Å². The summed E-state index contributed by atoms with van der Waals surface area (Å²) in [4.78, 5) is 15.8. The van der Waals surface area contributed by atoms with Crippen molar-refractivity contribution in [1.82, 2.24) is 4.98 Å². The summed E-state index contributed by atoms with van der Waals surface area (Å²) in [7, 11) is 0. The number of rotatable bonds is 3. The molecular formula is C14H14N2O. The smallest absolute Gasteiger partial charge is 0.229 e. The van der Waals surface area contributed by atoms with Gasteiger partial charge in [0.2, 0.25) is 5.91 Å². The first-order chi connectivity index (χ1) is 8.25. The van der Waals surface area contributed by atoms with Crippen molar-refractivity contribution in [2.75, 3.05) is 5.32 Å². The molecule has 3 heteroatoms. The van der Waals surface area contributed by atoms with Crippen LogP contribution >= 0.6 is 0 Å². The summed E-state index contributed by atoms with van der Waals surface area (Å²) in [6.07, 6.45) is 2.03. The van der Waals surface area contributed by atoms with E-state index in [4.69, 9.17) is 0 Å². The Morgan fingerprint density at radius 1 is 1.18 bits per heavy atom. The topological polar surface area (TPSA) is 42.0 Å². The molecule has 0 atom stereocenters. The average molecular weight is 226 g/mol. The summed E-state index contributed by atoms with van der Waals surface area (Å²) in [5.41, 5.74) is 2.17. The second kappa shape index (κ2) is 5.25. The first-order valence-electron chi connectivity index (χ1n) is 5.51. The normalized spacial score (nSPS) is 9.94. The van der Waals surface area contributed by atoms with Crippen LogP contribution in [0.3, 0.4) is 0 Å². The van der Waals surface area contributed by atoms with E-state index >= 15 is 0 Å². The van der Waals surface area contributed by atoms with Gasteiger partial charge in [0, 0.05) is 6.20 Å². The molecule has 0 bridgehead atoms. The number of benzene rings is 1. The monoisotopic (exact) mass is 226 g/mol. The fourth-order valence-electron chi connectivity index (χ4n) is 1.61. The van der Waals surface area contributed by atoms with E-state index in [2.05, 4.69) is 10.3 Å². The van der Waals surface area contributed by atoms with E-state index in [1.54, 1.807) is 12.3 Å². The van der Waals surface area contributed by atoms with Gasteiger partial charge in [-0.05, 0) is 30.2 Å². The number of hydrogen-bond acceptors (Lipinski definition) is 2. The van der Waals surface area contributed by atoms with Gasteiger partial charge in [0.15, 0.2) is 0 Å². The van der Waals surface area contributed by atoms with E-state index in [0.29, 0.717) is 12.2 Å². The summed E-state index contributed by atoms with van der Waals surface area (Å²) in [6, 6.07) is 13.3. The molecule has 2 rings (SSSR count). The molecule has 17 heavy (non-hydrogen) atoms. The van der Waals surface area contributed by atoms with Crippen LogP contribution in [0.5, 0.6) is 0 Å². The Bertz CT molecular complexity index is 509. The summed E-state index contributed by atoms with van der Waals surface area (Å²) in [5.74, 6) is 0.545. The van der Waals surface area contributed by atoms with Gasteiger partial charge in [0.25, 0.3) is 0 Å². The standard InChI is InChI=1S/C14H14N2O/c1-11-6-2-3-7-12(11)10-14(17)16-13-8-4-5-9-15-13/h2-9H,10H2,1H3,(H,15,16,17). The van der Waals surface area contributed by atoms with Gasteiger partial charge in [-0.3, -0.25) is 4.79 Å². The molecule has 0 saturated carbocycles.